The largest absolute Gasteiger partial charge is 0.381 e. The summed E-state index contributed by atoms with van der Waals surface area (Å²) >= 11 is 1.93. The summed E-state index contributed by atoms with van der Waals surface area (Å²) in [7, 11) is 0. The highest BCUT2D eigenvalue weighted by Crippen LogP contribution is 2.28. The van der Waals surface area contributed by atoms with Gasteiger partial charge in [0.15, 0.2) is 0 Å². The Morgan fingerprint density at radius 1 is 1.21 bits per heavy atom. The van der Waals surface area contributed by atoms with Gasteiger partial charge in [0.2, 0.25) is 0 Å². The number of thioether (sulfide) groups is 1. The molecule has 0 bridgehead atoms. The lowest BCUT2D eigenvalue weighted by Gasteiger charge is -2.20. The molecule has 1 unspecified atom stereocenters. The second-order valence-corrected chi connectivity index (χ2v) is 6.44. The van der Waals surface area contributed by atoms with E-state index in [0.717, 1.165) is 5.75 Å². The standard InChI is InChI=1S/C16H26N2S/c1-3-18-12-7-8-14(11-13-18)17-15-9-5-6-10-16(15)19-4-2/h5-6,9-10,14,17H,3-4,7-8,11-13H2,1-2H3. The molecule has 1 atom stereocenters. The normalized spacial score (nSPS) is 21.1. The fraction of sp³-hybridized carbons (Fsp3) is 0.625. The Morgan fingerprint density at radius 2 is 2.05 bits per heavy atom. The van der Waals surface area contributed by atoms with Gasteiger partial charge in [-0.2, -0.15) is 0 Å². The van der Waals surface area contributed by atoms with Crippen molar-refractivity contribution in [2.45, 2.75) is 44.0 Å². The molecule has 1 aromatic carbocycles. The van der Waals surface area contributed by atoms with Gasteiger partial charge in [0.1, 0.15) is 0 Å². The van der Waals surface area contributed by atoms with Gasteiger partial charge >= 0.3 is 0 Å². The Balaban J connectivity index is 1.96. The Hall–Kier alpha value is -0.670. The lowest BCUT2D eigenvalue weighted by atomic mass is 10.1. The van der Waals surface area contributed by atoms with Crippen LogP contribution in [0.3, 0.4) is 0 Å². The van der Waals surface area contributed by atoms with Crippen molar-refractivity contribution in [1.29, 1.82) is 0 Å². The van der Waals surface area contributed by atoms with E-state index in [9.17, 15) is 0 Å². The van der Waals surface area contributed by atoms with Crippen molar-refractivity contribution >= 4 is 17.4 Å². The van der Waals surface area contributed by atoms with Crippen molar-refractivity contribution in [3.63, 3.8) is 0 Å². The van der Waals surface area contributed by atoms with Gasteiger partial charge in [-0.3, -0.25) is 0 Å². The second-order valence-electron chi connectivity index (χ2n) is 5.14. The van der Waals surface area contributed by atoms with E-state index in [1.807, 2.05) is 11.8 Å². The third-order valence-corrected chi connectivity index (χ3v) is 4.77. The average molecular weight is 278 g/mol. The highest BCUT2D eigenvalue weighted by atomic mass is 32.2. The van der Waals surface area contributed by atoms with E-state index >= 15 is 0 Å². The van der Waals surface area contributed by atoms with Gasteiger partial charge in [-0.25, -0.2) is 0 Å². The van der Waals surface area contributed by atoms with E-state index in [0.29, 0.717) is 6.04 Å². The first-order valence-electron chi connectivity index (χ1n) is 7.54. The van der Waals surface area contributed by atoms with Gasteiger partial charge in [-0.05, 0) is 50.2 Å². The van der Waals surface area contributed by atoms with Gasteiger partial charge < -0.3 is 10.2 Å². The molecule has 106 valence electrons. The first-order valence-corrected chi connectivity index (χ1v) is 8.52. The summed E-state index contributed by atoms with van der Waals surface area (Å²) < 4.78 is 0. The van der Waals surface area contributed by atoms with E-state index < -0.39 is 0 Å². The minimum Gasteiger partial charge on any atom is -0.381 e. The molecule has 1 aliphatic rings. The van der Waals surface area contributed by atoms with Crippen molar-refractivity contribution in [2.75, 3.05) is 30.7 Å². The molecule has 2 rings (SSSR count). The molecule has 1 saturated heterocycles. The lowest BCUT2D eigenvalue weighted by molar-refractivity contribution is 0.300. The zero-order valence-corrected chi connectivity index (χ0v) is 13.0. The number of anilines is 1. The number of nitrogens with zero attached hydrogens (tertiary/aromatic N) is 1. The minimum atomic E-state index is 0.634. The average Bonchev–Trinajstić information content (AvgIpc) is 2.66. The van der Waals surface area contributed by atoms with Crippen molar-refractivity contribution in [1.82, 2.24) is 4.90 Å². The van der Waals surface area contributed by atoms with Crippen LogP contribution >= 0.6 is 11.8 Å². The number of rotatable bonds is 5. The summed E-state index contributed by atoms with van der Waals surface area (Å²) in [4.78, 5) is 3.95. The maximum Gasteiger partial charge on any atom is 0.0480 e. The van der Waals surface area contributed by atoms with Crippen LogP contribution in [0.4, 0.5) is 5.69 Å². The molecule has 0 radical (unpaired) electrons. The lowest BCUT2D eigenvalue weighted by Crippen LogP contribution is -2.26. The van der Waals surface area contributed by atoms with Crippen LogP contribution in [0.2, 0.25) is 0 Å². The summed E-state index contributed by atoms with van der Waals surface area (Å²) in [6.07, 6.45) is 3.87. The Labute approximate surface area is 122 Å². The number of para-hydroxylation sites is 1. The van der Waals surface area contributed by atoms with Crippen molar-refractivity contribution in [2.24, 2.45) is 0 Å². The molecule has 19 heavy (non-hydrogen) atoms. The van der Waals surface area contributed by atoms with Gasteiger partial charge in [0.05, 0.1) is 0 Å². The third kappa shape index (κ3) is 4.43. The number of hydrogen-bond acceptors (Lipinski definition) is 3. The summed E-state index contributed by atoms with van der Waals surface area (Å²) in [5.74, 6) is 1.13. The quantitative estimate of drug-likeness (QED) is 0.817. The highest BCUT2D eigenvalue weighted by molar-refractivity contribution is 7.99. The topological polar surface area (TPSA) is 15.3 Å². The second kappa shape index (κ2) is 7.81. The van der Waals surface area contributed by atoms with Gasteiger partial charge in [-0.1, -0.05) is 26.0 Å². The zero-order valence-electron chi connectivity index (χ0n) is 12.2. The summed E-state index contributed by atoms with van der Waals surface area (Å²) in [6, 6.07) is 9.35. The van der Waals surface area contributed by atoms with Crippen molar-refractivity contribution in [3.05, 3.63) is 24.3 Å². The Kier molecular flexibility index (Phi) is 6.05. The number of likely N-dealkylation sites (tertiary alicyclic amines) is 1. The SMILES string of the molecule is CCSc1ccccc1NC1CCCN(CC)CC1. The van der Waals surface area contributed by atoms with Crippen LogP contribution < -0.4 is 5.32 Å². The van der Waals surface area contributed by atoms with E-state index in [2.05, 4.69) is 48.3 Å². The van der Waals surface area contributed by atoms with Gasteiger partial charge in [0, 0.05) is 23.2 Å². The Morgan fingerprint density at radius 3 is 2.84 bits per heavy atom. The van der Waals surface area contributed by atoms with Crippen LogP contribution in [0.1, 0.15) is 33.1 Å². The fourth-order valence-electron chi connectivity index (χ4n) is 2.70. The van der Waals surface area contributed by atoms with Crippen LogP contribution in [0, 0.1) is 0 Å². The Bertz CT molecular complexity index is 381. The monoisotopic (exact) mass is 278 g/mol. The van der Waals surface area contributed by atoms with E-state index in [1.165, 1.54) is 49.5 Å². The smallest absolute Gasteiger partial charge is 0.0480 e. The van der Waals surface area contributed by atoms with Crippen molar-refractivity contribution in [3.8, 4) is 0 Å². The molecule has 1 heterocycles. The zero-order chi connectivity index (χ0) is 13.5. The molecule has 0 saturated carbocycles. The molecule has 3 heteroatoms. The van der Waals surface area contributed by atoms with Crippen LogP contribution in [0.25, 0.3) is 0 Å². The van der Waals surface area contributed by atoms with E-state index in [4.69, 9.17) is 0 Å². The number of nitrogens with one attached hydrogen (secondary N) is 1. The molecular formula is C16H26N2S. The molecule has 0 aliphatic carbocycles. The van der Waals surface area contributed by atoms with Crippen LogP contribution in [-0.2, 0) is 0 Å². The predicted molar refractivity (Wildman–Crippen MR) is 86.2 cm³/mol. The van der Waals surface area contributed by atoms with E-state index in [1.54, 1.807) is 0 Å². The molecule has 2 nitrogen and oxygen atoms in total. The van der Waals surface area contributed by atoms with Crippen LogP contribution in [0.5, 0.6) is 0 Å². The minimum absolute atomic E-state index is 0.634. The first kappa shape index (κ1) is 14.7. The molecule has 1 aromatic rings. The molecule has 1 aliphatic heterocycles. The molecule has 1 N–H and O–H groups in total. The maximum absolute atomic E-state index is 3.77. The summed E-state index contributed by atoms with van der Waals surface area (Å²) in [5.41, 5.74) is 1.32. The first-order chi connectivity index (χ1) is 9.33. The predicted octanol–water partition coefficient (Wildman–Crippen LogP) is 4.08. The van der Waals surface area contributed by atoms with Crippen LogP contribution in [0.15, 0.2) is 29.2 Å². The third-order valence-electron chi connectivity index (χ3n) is 3.81. The molecular weight excluding hydrogens is 252 g/mol. The molecule has 0 amide bonds. The summed E-state index contributed by atoms with van der Waals surface area (Å²) in [6.45, 7) is 8.17. The number of hydrogen-bond donors (Lipinski definition) is 1. The van der Waals surface area contributed by atoms with Crippen LogP contribution in [-0.4, -0.2) is 36.3 Å². The molecule has 0 spiro atoms. The van der Waals surface area contributed by atoms with Gasteiger partial charge in [0.25, 0.3) is 0 Å². The highest BCUT2D eigenvalue weighted by Gasteiger charge is 2.16. The summed E-state index contributed by atoms with van der Waals surface area (Å²) in [5, 5.41) is 3.77. The molecule has 1 fully saturated rings. The molecule has 0 aromatic heterocycles. The van der Waals surface area contributed by atoms with Crippen molar-refractivity contribution < 1.29 is 0 Å². The number of benzene rings is 1. The van der Waals surface area contributed by atoms with Gasteiger partial charge in [-0.15, -0.1) is 11.8 Å². The van der Waals surface area contributed by atoms with E-state index in [-0.39, 0.29) is 0 Å². The maximum atomic E-state index is 3.77. The fourth-order valence-corrected chi connectivity index (χ4v) is 3.47.